The van der Waals surface area contributed by atoms with Crippen LogP contribution in [0.25, 0.3) is 0 Å². The van der Waals surface area contributed by atoms with Crippen molar-refractivity contribution in [2.24, 2.45) is 5.10 Å². The molecule has 1 aliphatic carbocycles. The maximum absolute atomic E-state index is 12.0. The van der Waals surface area contributed by atoms with Crippen molar-refractivity contribution in [3.63, 3.8) is 0 Å². The lowest BCUT2D eigenvalue weighted by Gasteiger charge is -2.34. The van der Waals surface area contributed by atoms with Gasteiger partial charge >= 0.3 is 5.97 Å². The second kappa shape index (κ2) is 8.36. The Morgan fingerprint density at radius 3 is 2.59 bits per heavy atom. The van der Waals surface area contributed by atoms with Gasteiger partial charge in [0.2, 0.25) is 0 Å². The Morgan fingerprint density at radius 1 is 1.31 bits per heavy atom. The summed E-state index contributed by atoms with van der Waals surface area (Å²) in [5, 5.41) is 4.66. The van der Waals surface area contributed by atoms with Gasteiger partial charge in [0.1, 0.15) is 5.82 Å². The van der Waals surface area contributed by atoms with Gasteiger partial charge in [0.25, 0.3) is 11.8 Å². The predicted molar refractivity (Wildman–Crippen MR) is 107 cm³/mol. The summed E-state index contributed by atoms with van der Waals surface area (Å²) in [6.45, 7) is 2.16. The van der Waals surface area contributed by atoms with Gasteiger partial charge in [-0.25, -0.2) is 9.78 Å². The van der Waals surface area contributed by atoms with E-state index < -0.39 is 17.8 Å². The normalized spacial score (nSPS) is 21.8. The van der Waals surface area contributed by atoms with Gasteiger partial charge in [-0.15, -0.1) is 5.06 Å². The number of nitrogens with one attached hydrogen (secondary N) is 1. The molecule has 152 valence electrons. The lowest BCUT2D eigenvalue weighted by atomic mass is 9.90. The van der Waals surface area contributed by atoms with Gasteiger partial charge in [0.15, 0.2) is 0 Å². The summed E-state index contributed by atoms with van der Waals surface area (Å²) in [5.74, 6) is -1.44. The van der Waals surface area contributed by atoms with E-state index >= 15 is 0 Å². The first kappa shape index (κ1) is 20.4. The van der Waals surface area contributed by atoms with Crippen LogP contribution in [0.2, 0.25) is 0 Å². The van der Waals surface area contributed by atoms with Crippen LogP contribution >= 0.6 is 0 Å². The maximum atomic E-state index is 12.0. The third-order valence-corrected chi connectivity index (χ3v) is 4.98. The molecule has 1 saturated heterocycles. The number of rotatable bonds is 6. The predicted octanol–water partition coefficient (Wildman–Crippen LogP) is 1.91. The highest BCUT2D eigenvalue weighted by molar-refractivity contribution is 6.02. The summed E-state index contributed by atoms with van der Waals surface area (Å²) in [5.41, 5.74) is 3.89. The number of pyridine rings is 1. The number of nitrogens with zero attached hydrogens (tertiary/aromatic N) is 4. The topological polar surface area (TPSA) is 104 Å². The Balaban J connectivity index is 1.53. The molecule has 1 unspecified atom stereocenters. The van der Waals surface area contributed by atoms with Crippen molar-refractivity contribution >= 4 is 29.8 Å². The number of hydrogen-bond acceptors (Lipinski definition) is 8. The van der Waals surface area contributed by atoms with Crippen molar-refractivity contribution in [2.45, 2.75) is 31.7 Å². The SMILES string of the molecule is CN(C)C1(C)C=CC(/C=N/Nc2ccc(C(=O)ON3C(=O)CCC3=O)cn2)=CC1. The lowest BCUT2D eigenvalue weighted by Crippen LogP contribution is -2.39. The van der Waals surface area contributed by atoms with Crippen molar-refractivity contribution in [3.8, 4) is 0 Å². The highest BCUT2D eigenvalue weighted by Gasteiger charge is 2.33. The summed E-state index contributed by atoms with van der Waals surface area (Å²) in [4.78, 5) is 46.1. The Bertz CT molecular complexity index is 888. The Kier molecular flexibility index (Phi) is 5.88. The monoisotopic (exact) mass is 397 g/mol. The molecule has 1 N–H and O–H groups in total. The number of amides is 2. The fraction of sp³-hybridized carbons (Fsp3) is 0.350. The minimum Gasteiger partial charge on any atom is -0.325 e. The molecule has 1 atom stereocenters. The van der Waals surface area contributed by atoms with Crippen LogP contribution in [0.3, 0.4) is 0 Å². The molecule has 3 rings (SSSR count). The zero-order chi connectivity index (χ0) is 21.0. The van der Waals surface area contributed by atoms with Gasteiger partial charge in [-0.3, -0.25) is 15.0 Å². The second-order valence-electron chi connectivity index (χ2n) is 7.26. The summed E-state index contributed by atoms with van der Waals surface area (Å²) < 4.78 is 0. The second-order valence-corrected chi connectivity index (χ2v) is 7.26. The number of likely N-dealkylation sites (N-methyl/N-ethyl adjacent to an activating group) is 1. The quantitative estimate of drug-likeness (QED) is 0.444. The molecule has 1 fully saturated rings. The molecule has 0 bridgehead atoms. The molecule has 1 aromatic rings. The van der Waals surface area contributed by atoms with E-state index in [1.165, 1.54) is 12.3 Å². The molecule has 9 nitrogen and oxygen atoms in total. The van der Waals surface area contributed by atoms with Crippen LogP contribution in [-0.4, -0.2) is 58.6 Å². The molecule has 2 aliphatic rings. The fourth-order valence-electron chi connectivity index (χ4n) is 2.71. The number of hydrazone groups is 1. The number of imide groups is 1. The first-order valence-electron chi connectivity index (χ1n) is 9.18. The largest absolute Gasteiger partial charge is 0.365 e. The average molecular weight is 397 g/mol. The zero-order valence-corrected chi connectivity index (χ0v) is 16.6. The number of hydroxylamine groups is 2. The Morgan fingerprint density at radius 2 is 2.03 bits per heavy atom. The van der Waals surface area contributed by atoms with Crippen LogP contribution in [0, 0.1) is 0 Å². The van der Waals surface area contributed by atoms with Crippen molar-refractivity contribution in [2.75, 3.05) is 19.5 Å². The number of carbonyl (C=O) groups is 3. The molecule has 9 heteroatoms. The number of anilines is 1. The van der Waals surface area contributed by atoms with Crippen molar-refractivity contribution < 1.29 is 19.2 Å². The molecule has 0 radical (unpaired) electrons. The average Bonchev–Trinajstić information content (AvgIpc) is 3.02. The van der Waals surface area contributed by atoms with Crippen LogP contribution in [0.5, 0.6) is 0 Å². The van der Waals surface area contributed by atoms with E-state index in [-0.39, 0.29) is 23.9 Å². The number of allylic oxidation sites excluding steroid dienone is 2. The first-order chi connectivity index (χ1) is 13.8. The Hall–Kier alpha value is -3.33. The molecule has 0 spiro atoms. The van der Waals surface area contributed by atoms with E-state index in [0.717, 1.165) is 12.0 Å². The summed E-state index contributed by atoms with van der Waals surface area (Å²) >= 11 is 0. The zero-order valence-electron chi connectivity index (χ0n) is 16.6. The fourth-order valence-corrected chi connectivity index (χ4v) is 2.71. The summed E-state index contributed by atoms with van der Waals surface area (Å²) in [6, 6.07) is 3.02. The highest BCUT2D eigenvalue weighted by atomic mass is 16.7. The van der Waals surface area contributed by atoms with Gasteiger partial charge in [0.05, 0.1) is 11.8 Å². The lowest BCUT2D eigenvalue weighted by molar-refractivity contribution is -0.172. The first-order valence-corrected chi connectivity index (χ1v) is 9.18. The van der Waals surface area contributed by atoms with Crippen LogP contribution < -0.4 is 5.43 Å². The molecule has 1 aliphatic heterocycles. The van der Waals surface area contributed by atoms with Crippen molar-refractivity contribution in [1.29, 1.82) is 0 Å². The minimum absolute atomic E-state index is 0.00105. The molecule has 0 saturated carbocycles. The van der Waals surface area contributed by atoms with Gasteiger partial charge in [0, 0.05) is 24.6 Å². The standard InChI is InChI=1S/C20H23N5O4/c1-20(24(2)3)10-8-14(9-11-20)12-22-23-16-5-4-15(13-21-16)19(28)29-25-17(26)6-7-18(25)27/h4-5,8-10,12-13H,6-7,11H2,1-3H3,(H,21,23)/b22-12+. The van der Waals surface area contributed by atoms with E-state index in [1.54, 1.807) is 12.3 Å². The van der Waals surface area contributed by atoms with Gasteiger partial charge in [-0.1, -0.05) is 18.2 Å². The van der Waals surface area contributed by atoms with Crippen LogP contribution in [0.15, 0.2) is 47.2 Å². The third-order valence-electron chi connectivity index (χ3n) is 4.98. The highest BCUT2D eigenvalue weighted by Crippen LogP contribution is 2.24. The molecular formula is C20H23N5O4. The molecule has 1 aromatic heterocycles. The van der Waals surface area contributed by atoms with Crippen molar-refractivity contribution in [1.82, 2.24) is 14.9 Å². The van der Waals surface area contributed by atoms with E-state index in [0.29, 0.717) is 10.9 Å². The number of aromatic nitrogens is 1. The Labute approximate surface area is 168 Å². The van der Waals surface area contributed by atoms with E-state index in [2.05, 4.69) is 39.5 Å². The summed E-state index contributed by atoms with van der Waals surface area (Å²) in [7, 11) is 4.09. The number of carbonyl (C=O) groups excluding carboxylic acids is 3. The van der Waals surface area contributed by atoms with E-state index in [9.17, 15) is 14.4 Å². The van der Waals surface area contributed by atoms with Crippen molar-refractivity contribution in [3.05, 3.63) is 47.7 Å². The number of hydrogen-bond donors (Lipinski definition) is 1. The minimum atomic E-state index is -0.822. The van der Waals surface area contributed by atoms with E-state index in [4.69, 9.17) is 4.84 Å². The molecule has 2 heterocycles. The van der Waals surface area contributed by atoms with Gasteiger partial charge in [-0.2, -0.15) is 5.10 Å². The molecule has 0 aromatic carbocycles. The van der Waals surface area contributed by atoms with Crippen LogP contribution in [0.4, 0.5) is 5.82 Å². The molecule has 29 heavy (non-hydrogen) atoms. The van der Waals surface area contributed by atoms with Crippen LogP contribution in [-0.2, 0) is 14.4 Å². The van der Waals surface area contributed by atoms with Gasteiger partial charge in [-0.05, 0) is 45.1 Å². The molecule has 2 amide bonds. The van der Waals surface area contributed by atoms with E-state index in [1.807, 2.05) is 20.2 Å². The summed E-state index contributed by atoms with van der Waals surface area (Å²) in [6.07, 6.45) is 10.2. The van der Waals surface area contributed by atoms with Gasteiger partial charge < -0.3 is 9.74 Å². The van der Waals surface area contributed by atoms with Crippen LogP contribution in [0.1, 0.15) is 36.5 Å². The maximum Gasteiger partial charge on any atom is 0.365 e. The smallest absolute Gasteiger partial charge is 0.325 e. The third kappa shape index (κ3) is 4.75. The molecular weight excluding hydrogens is 374 g/mol.